The smallest absolute Gasteiger partial charge is 0.415 e. The molecule has 2 atom stereocenters. The molecule has 1 aliphatic carbocycles. The number of carbonyl (C=O) groups excluding carboxylic acids is 2. The van der Waals surface area contributed by atoms with Gasteiger partial charge in [0.2, 0.25) is 0 Å². The SMILES string of the molecule is CO[C@H]1CCC1CC(=O)c1cnn2c(N(C)C(=O)OC(C)(C)C)cc(Nc3cccn(-c4ccc(C)nc4)c3=O)cc12. The molecule has 4 aromatic rings. The Labute approximate surface area is 244 Å². The molecule has 11 heteroatoms. The Bertz CT molecular complexity index is 1680. The first-order chi connectivity index (χ1) is 19.9. The molecule has 0 aromatic carbocycles. The van der Waals surface area contributed by atoms with Crippen LogP contribution in [0.2, 0.25) is 0 Å². The fraction of sp³-hybridized carbons (Fsp3) is 0.387. The highest BCUT2D eigenvalue weighted by Gasteiger charge is 2.33. The van der Waals surface area contributed by atoms with Crippen LogP contribution in [-0.4, -0.2) is 56.9 Å². The molecule has 220 valence electrons. The molecular formula is C31H36N6O5. The fourth-order valence-electron chi connectivity index (χ4n) is 5.00. The van der Waals surface area contributed by atoms with E-state index < -0.39 is 11.7 Å². The first-order valence-corrected chi connectivity index (χ1v) is 13.9. The number of fused-ring (bicyclic) bond motifs is 1. The summed E-state index contributed by atoms with van der Waals surface area (Å²) in [7, 11) is 3.24. The van der Waals surface area contributed by atoms with Gasteiger partial charge in [-0.05, 0) is 76.8 Å². The minimum Gasteiger partial charge on any atom is -0.443 e. The highest BCUT2D eigenvalue weighted by molar-refractivity contribution is 6.03. The number of hydrogen-bond acceptors (Lipinski definition) is 8. The lowest BCUT2D eigenvalue weighted by Crippen LogP contribution is -2.35. The normalized spacial score (nSPS) is 16.6. The highest BCUT2D eigenvalue weighted by Crippen LogP contribution is 2.35. The number of aryl methyl sites for hydroxylation is 1. The number of hydrogen-bond donors (Lipinski definition) is 1. The standard InChI is InChI=1S/C31H36N6O5/c1-19-9-11-22(17-32-19)36-13-7-8-24(29(36)39)34-21-15-25-23(26(38)14-20-10-12-27(20)41-6)18-33-37(25)28(16-21)35(5)30(40)42-31(2,3)4/h7-9,11,13,15-18,20,27,34H,10,12,14H2,1-6H3/t20?,27-/m0/s1. The molecule has 11 nitrogen and oxygen atoms in total. The van der Waals surface area contributed by atoms with Crippen LogP contribution in [0.1, 0.15) is 56.1 Å². The van der Waals surface area contributed by atoms with E-state index in [2.05, 4.69) is 15.4 Å². The van der Waals surface area contributed by atoms with E-state index in [1.54, 1.807) is 71.6 Å². The molecule has 1 amide bonds. The van der Waals surface area contributed by atoms with Crippen molar-refractivity contribution >= 4 is 34.6 Å². The molecule has 1 aliphatic rings. The van der Waals surface area contributed by atoms with E-state index in [1.165, 1.54) is 20.2 Å². The van der Waals surface area contributed by atoms with Crippen molar-refractivity contribution < 1.29 is 19.1 Å². The molecule has 4 aromatic heterocycles. The lowest BCUT2D eigenvalue weighted by atomic mass is 9.78. The molecule has 4 heterocycles. The van der Waals surface area contributed by atoms with Gasteiger partial charge in [0.25, 0.3) is 5.56 Å². The Morgan fingerprint density at radius 1 is 1.14 bits per heavy atom. The zero-order valence-electron chi connectivity index (χ0n) is 24.7. The Kier molecular flexibility index (Phi) is 7.87. The van der Waals surface area contributed by atoms with Crippen LogP contribution in [0.15, 0.2) is 59.8 Å². The third kappa shape index (κ3) is 5.91. The Morgan fingerprint density at radius 2 is 1.93 bits per heavy atom. The number of rotatable bonds is 8. The van der Waals surface area contributed by atoms with Crippen molar-refractivity contribution in [2.45, 2.75) is 58.7 Å². The van der Waals surface area contributed by atoms with E-state index in [-0.39, 0.29) is 23.4 Å². The van der Waals surface area contributed by atoms with Crippen molar-refractivity contribution in [2.24, 2.45) is 5.92 Å². The third-order valence-electron chi connectivity index (χ3n) is 7.41. The quantitative estimate of drug-likeness (QED) is 0.283. The predicted octanol–water partition coefficient (Wildman–Crippen LogP) is 5.30. The summed E-state index contributed by atoms with van der Waals surface area (Å²) < 4.78 is 14.1. The van der Waals surface area contributed by atoms with E-state index in [4.69, 9.17) is 9.47 Å². The van der Waals surface area contributed by atoms with E-state index in [0.717, 1.165) is 18.5 Å². The van der Waals surface area contributed by atoms with Crippen molar-refractivity contribution in [3.8, 4) is 5.69 Å². The molecule has 1 saturated carbocycles. The molecule has 0 radical (unpaired) electrons. The van der Waals surface area contributed by atoms with Crippen LogP contribution in [0.5, 0.6) is 0 Å². The highest BCUT2D eigenvalue weighted by atomic mass is 16.6. The topological polar surface area (TPSA) is 120 Å². The summed E-state index contributed by atoms with van der Waals surface area (Å²) in [6, 6.07) is 10.5. The molecule has 42 heavy (non-hydrogen) atoms. The van der Waals surface area contributed by atoms with Gasteiger partial charge < -0.3 is 14.8 Å². The summed E-state index contributed by atoms with van der Waals surface area (Å²) in [6.07, 6.45) is 6.53. The number of nitrogens with one attached hydrogen (secondary N) is 1. The van der Waals surface area contributed by atoms with Gasteiger partial charge in [-0.3, -0.25) is 24.0 Å². The van der Waals surface area contributed by atoms with Crippen molar-refractivity contribution in [1.82, 2.24) is 19.2 Å². The summed E-state index contributed by atoms with van der Waals surface area (Å²) in [4.78, 5) is 45.6. The van der Waals surface area contributed by atoms with Crippen LogP contribution >= 0.6 is 0 Å². The average Bonchev–Trinajstić information content (AvgIpc) is 3.35. The Hall–Kier alpha value is -4.51. The average molecular weight is 573 g/mol. The molecule has 0 bridgehead atoms. The van der Waals surface area contributed by atoms with Crippen LogP contribution in [0.4, 0.5) is 22.0 Å². The minimum absolute atomic E-state index is 0.0614. The number of anilines is 3. The van der Waals surface area contributed by atoms with Gasteiger partial charge in [0.05, 0.1) is 35.3 Å². The minimum atomic E-state index is -0.716. The van der Waals surface area contributed by atoms with Gasteiger partial charge in [-0.1, -0.05) is 0 Å². The van der Waals surface area contributed by atoms with Crippen LogP contribution in [0.25, 0.3) is 11.2 Å². The second-order valence-corrected chi connectivity index (χ2v) is 11.6. The first-order valence-electron chi connectivity index (χ1n) is 13.9. The molecule has 1 N–H and O–H groups in total. The van der Waals surface area contributed by atoms with Gasteiger partial charge in [-0.2, -0.15) is 5.10 Å². The second kappa shape index (κ2) is 11.4. The van der Waals surface area contributed by atoms with Gasteiger partial charge in [0, 0.05) is 44.2 Å². The maximum absolute atomic E-state index is 13.5. The number of ketones is 1. The molecule has 1 fully saturated rings. The molecular weight excluding hydrogens is 536 g/mol. The van der Waals surface area contributed by atoms with Crippen LogP contribution in [0.3, 0.4) is 0 Å². The van der Waals surface area contributed by atoms with Crippen LogP contribution < -0.4 is 15.8 Å². The molecule has 0 spiro atoms. The number of Topliss-reactive ketones (excluding diaryl/α,β-unsaturated/α-hetero) is 1. The number of methoxy groups -OCH3 is 1. The lowest BCUT2D eigenvalue weighted by Gasteiger charge is -2.34. The molecule has 1 unspecified atom stereocenters. The maximum Gasteiger partial charge on any atom is 0.415 e. The van der Waals surface area contributed by atoms with Gasteiger partial charge in [-0.15, -0.1) is 0 Å². The zero-order chi connectivity index (χ0) is 30.2. The van der Waals surface area contributed by atoms with Crippen molar-refractivity contribution in [1.29, 1.82) is 0 Å². The number of ether oxygens (including phenoxy) is 2. The monoisotopic (exact) mass is 572 g/mol. The van der Waals surface area contributed by atoms with Crippen molar-refractivity contribution in [3.63, 3.8) is 0 Å². The third-order valence-corrected chi connectivity index (χ3v) is 7.41. The number of nitrogens with zero attached hydrogens (tertiary/aromatic N) is 5. The van der Waals surface area contributed by atoms with E-state index in [1.807, 2.05) is 19.1 Å². The van der Waals surface area contributed by atoms with Gasteiger partial charge >= 0.3 is 6.09 Å². The van der Waals surface area contributed by atoms with Gasteiger partial charge in [0.15, 0.2) is 5.78 Å². The summed E-state index contributed by atoms with van der Waals surface area (Å²) in [5.41, 5.74) is 2.20. The Balaban J connectivity index is 1.55. The summed E-state index contributed by atoms with van der Waals surface area (Å²) in [5, 5.41) is 7.67. The molecule has 0 aliphatic heterocycles. The summed E-state index contributed by atoms with van der Waals surface area (Å²) in [6.45, 7) is 7.24. The van der Waals surface area contributed by atoms with Crippen LogP contribution in [-0.2, 0) is 9.47 Å². The van der Waals surface area contributed by atoms with Crippen molar-refractivity contribution in [2.75, 3.05) is 24.4 Å². The molecule has 0 saturated heterocycles. The number of carbonyl (C=O) groups is 2. The number of pyridine rings is 3. The summed E-state index contributed by atoms with van der Waals surface area (Å²) in [5.74, 6) is 0.455. The fourth-order valence-corrected chi connectivity index (χ4v) is 5.00. The van der Waals surface area contributed by atoms with Crippen molar-refractivity contribution in [3.05, 3.63) is 76.6 Å². The molecule has 5 rings (SSSR count). The predicted molar refractivity (Wildman–Crippen MR) is 160 cm³/mol. The first kappa shape index (κ1) is 29.0. The lowest BCUT2D eigenvalue weighted by molar-refractivity contribution is -0.0171. The maximum atomic E-state index is 13.5. The van der Waals surface area contributed by atoms with Crippen LogP contribution in [0, 0.1) is 12.8 Å². The van der Waals surface area contributed by atoms with E-state index in [0.29, 0.717) is 40.4 Å². The second-order valence-electron chi connectivity index (χ2n) is 11.6. The summed E-state index contributed by atoms with van der Waals surface area (Å²) >= 11 is 0. The van der Waals surface area contributed by atoms with Gasteiger partial charge in [0.1, 0.15) is 17.1 Å². The largest absolute Gasteiger partial charge is 0.443 e. The number of aromatic nitrogens is 4. The number of amides is 1. The van der Waals surface area contributed by atoms with E-state index >= 15 is 0 Å². The Morgan fingerprint density at radius 3 is 2.57 bits per heavy atom. The van der Waals surface area contributed by atoms with E-state index in [9.17, 15) is 14.4 Å². The van der Waals surface area contributed by atoms with Gasteiger partial charge in [-0.25, -0.2) is 9.31 Å². The zero-order valence-corrected chi connectivity index (χ0v) is 24.7.